The smallest absolute Gasteiger partial charge is 0.380 e. The van der Waals surface area contributed by atoms with Gasteiger partial charge < -0.3 is 5.32 Å². The zero-order valence-electron chi connectivity index (χ0n) is 10.0. The van der Waals surface area contributed by atoms with Gasteiger partial charge in [-0.3, -0.25) is 0 Å². The summed E-state index contributed by atoms with van der Waals surface area (Å²) in [5.41, 5.74) is 0.289. The molecule has 1 aromatic heterocycles. The summed E-state index contributed by atoms with van der Waals surface area (Å²) in [5.74, 6) is 0. The second-order valence-electron chi connectivity index (χ2n) is 4.00. The number of alkyl halides is 3. The van der Waals surface area contributed by atoms with Crippen LogP contribution in [0.1, 0.15) is 11.3 Å². The van der Waals surface area contributed by atoms with Gasteiger partial charge in [-0.05, 0) is 23.8 Å². The van der Waals surface area contributed by atoms with Gasteiger partial charge in [-0.2, -0.15) is 13.2 Å². The number of pyridine rings is 1. The molecule has 0 radical (unpaired) electrons. The van der Waals surface area contributed by atoms with Gasteiger partial charge >= 0.3 is 6.18 Å². The number of anilines is 1. The van der Waals surface area contributed by atoms with Gasteiger partial charge in [0.05, 0.1) is 21.9 Å². The molecule has 1 aromatic carbocycles. The Labute approximate surface area is 123 Å². The Morgan fingerprint density at radius 3 is 2.45 bits per heavy atom. The van der Waals surface area contributed by atoms with E-state index in [-0.39, 0.29) is 0 Å². The van der Waals surface area contributed by atoms with Gasteiger partial charge in [0.1, 0.15) is 5.69 Å². The fraction of sp³-hybridized carbons (Fsp3) is 0.154. The minimum absolute atomic E-state index is 0.340. The van der Waals surface area contributed by atoms with Crippen LogP contribution in [0.25, 0.3) is 0 Å². The minimum atomic E-state index is -4.44. The molecular formula is C13H9Cl2F3N2. The molecule has 1 N–H and O–H groups in total. The van der Waals surface area contributed by atoms with E-state index in [9.17, 15) is 13.2 Å². The molecular weight excluding hydrogens is 312 g/mol. The van der Waals surface area contributed by atoms with Gasteiger partial charge in [0, 0.05) is 6.54 Å². The largest absolute Gasteiger partial charge is 0.433 e. The molecule has 0 spiro atoms. The number of benzene rings is 1. The first-order valence-corrected chi connectivity index (χ1v) is 6.33. The van der Waals surface area contributed by atoms with Crippen LogP contribution in [0.4, 0.5) is 18.9 Å². The van der Waals surface area contributed by atoms with Crippen LogP contribution in [0.5, 0.6) is 0 Å². The van der Waals surface area contributed by atoms with Crippen molar-refractivity contribution in [3.63, 3.8) is 0 Å². The normalized spacial score (nSPS) is 11.4. The summed E-state index contributed by atoms with van der Waals surface area (Å²) in [6.45, 7) is 0.340. The number of halogens is 5. The van der Waals surface area contributed by atoms with Crippen molar-refractivity contribution >= 4 is 28.9 Å². The quantitative estimate of drug-likeness (QED) is 0.859. The second kappa shape index (κ2) is 5.89. The molecule has 0 saturated carbocycles. The standard InChI is InChI=1S/C13H9Cl2F3N2/c14-10-3-1-2-8(12(10)15)6-19-9-4-5-11(20-7-9)13(16,17)18/h1-5,7,19H,6H2. The number of nitrogens with zero attached hydrogens (tertiary/aromatic N) is 1. The molecule has 0 unspecified atom stereocenters. The van der Waals surface area contributed by atoms with E-state index in [1.165, 1.54) is 6.07 Å². The predicted octanol–water partition coefficient (Wildman–Crippen LogP) is 5.02. The van der Waals surface area contributed by atoms with E-state index in [2.05, 4.69) is 10.3 Å². The molecule has 0 amide bonds. The number of rotatable bonds is 3. The summed E-state index contributed by atoms with van der Waals surface area (Å²) in [5, 5.41) is 3.78. The lowest BCUT2D eigenvalue weighted by molar-refractivity contribution is -0.141. The van der Waals surface area contributed by atoms with E-state index in [1.54, 1.807) is 18.2 Å². The van der Waals surface area contributed by atoms with E-state index in [1.807, 2.05) is 0 Å². The Hall–Kier alpha value is -1.46. The van der Waals surface area contributed by atoms with Crippen molar-refractivity contribution in [3.8, 4) is 0 Å². The fourth-order valence-corrected chi connectivity index (χ4v) is 1.94. The highest BCUT2D eigenvalue weighted by Crippen LogP contribution is 2.28. The molecule has 0 atom stereocenters. The molecule has 1 heterocycles. The van der Waals surface area contributed by atoms with Crippen LogP contribution in [0.3, 0.4) is 0 Å². The molecule has 2 nitrogen and oxygen atoms in total. The zero-order chi connectivity index (χ0) is 14.8. The number of hydrogen-bond acceptors (Lipinski definition) is 2. The maximum Gasteiger partial charge on any atom is 0.433 e. The predicted molar refractivity (Wildman–Crippen MR) is 73.0 cm³/mol. The Balaban J connectivity index is 2.06. The summed E-state index contributed by atoms with van der Waals surface area (Å²) in [4.78, 5) is 3.36. The van der Waals surface area contributed by atoms with Gasteiger partial charge in [0.15, 0.2) is 0 Å². The van der Waals surface area contributed by atoms with Crippen LogP contribution >= 0.6 is 23.2 Å². The van der Waals surface area contributed by atoms with E-state index in [0.717, 1.165) is 17.8 Å². The lowest BCUT2D eigenvalue weighted by Crippen LogP contribution is -2.08. The average Bonchev–Trinajstić information content (AvgIpc) is 2.40. The highest BCUT2D eigenvalue weighted by atomic mass is 35.5. The molecule has 0 aliphatic heterocycles. The van der Waals surface area contributed by atoms with Gasteiger partial charge in [-0.15, -0.1) is 0 Å². The molecule has 0 aliphatic rings. The molecule has 2 rings (SSSR count). The van der Waals surface area contributed by atoms with Crippen LogP contribution < -0.4 is 5.32 Å². The van der Waals surface area contributed by atoms with E-state index in [0.29, 0.717) is 22.3 Å². The van der Waals surface area contributed by atoms with Crippen molar-refractivity contribution < 1.29 is 13.2 Å². The van der Waals surface area contributed by atoms with Gasteiger partial charge in [0.2, 0.25) is 0 Å². The third kappa shape index (κ3) is 3.55. The van der Waals surface area contributed by atoms with Crippen molar-refractivity contribution in [3.05, 3.63) is 57.8 Å². The Morgan fingerprint density at radius 1 is 1.10 bits per heavy atom. The van der Waals surface area contributed by atoms with Crippen molar-refractivity contribution in [2.75, 3.05) is 5.32 Å². The maximum atomic E-state index is 12.4. The Kier molecular flexibility index (Phi) is 4.40. The van der Waals surface area contributed by atoms with Gasteiger partial charge in [-0.1, -0.05) is 35.3 Å². The molecule has 0 fully saturated rings. The van der Waals surface area contributed by atoms with Crippen molar-refractivity contribution in [1.29, 1.82) is 0 Å². The fourth-order valence-electron chi connectivity index (χ4n) is 1.55. The number of aromatic nitrogens is 1. The van der Waals surface area contributed by atoms with Crippen molar-refractivity contribution in [1.82, 2.24) is 4.98 Å². The first-order valence-electron chi connectivity index (χ1n) is 5.58. The molecule has 20 heavy (non-hydrogen) atoms. The van der Waals surface area contributed by atoms with E-state index >= 15 is 0 Å². The summed E-state index contributed by atoms with van der Waals surface area (Å²) in [6.07, 6.45) is -3.31. The maximum absolute atomic E-state index is 12.4. The van der Waals surface area contributed by atoms with Crippen molar-refractivity contribution in [2.24, 2.45) is 0 Å². The third-order valence-corrected chi connectivity index (χ3v) is 3.43. The highest BCUT2D eigenvalue weighted by molar-refractivity contribution is 6.42. The molecule has 2 aromatic rings. The van der Waals surface area contributed by atoms with E-state index < -0.39 is 11.9 Å². The van der Waals surface area contributed by atoms with E-state index in [4.69, 9.17) is 23.2 Å². The number of hydrogen-bond donors (Lipinski definition) is 1. The molecule has 0 saturated heterocycles. The SMILES string of the molecule is FC(F)(F)c1ccc(NCc2cccc(Cl)c2Cl)cn1. The molecule has 106 valence electrons. The summed E-state index contributed by atoms with van der Waals surface area (Å²) in [7, 11) is 0. The topological polar surface area (TPSA) is 24.9 Å². The molecule has 0 bridgehead atoms. The molecule has 7 heteroatoms. The zero-order valence-corrected chi connectivity index (χ0v) is 11.5. The summed E-state index contributed by atoms with van der Waals surface area (Å²) < 4.78 is 37.1. The minimum Gasteiger partial charge on any atom is -0.380 e. The first-order chi connectivity index (χ1) is 9.38. The number of nitrogens with one attached hydrogen (secondary N) is 1. The second-order valence-corrected chi connectivity index (χ2v) is 4.78. The third-order valence-electron chi connectivity index (χ3n) is 2.57. The Bertz CT molecular complexity index is 598. The molecule has 0 aliphatic carbocycles. The monoisotopic (exact) mass is 320 g/mol. The lowest BCUT2D eigenvalue weighted by Gasteiger charge is -2.10. The average molecular weight is 321 g/mol. The summed E-state index contributed by atoms with van der Waals surface area (Å²) >= 11 is 11.9. The van der Waals surface area contributed by atoms with Crippen LogP contribution in [-0.4, -0.2) is 4.98 Å². The lowest BCUT2D eigenvalue weighted by atomic mass is 10.2. The van der Waals surface area contributed by atoms with Crippen molar-refractivity contribution in [2.45, 2.75) is 12.7 Å². The summed E-state index contributed by atoms with van der Waals surface area (Å²) in [6, 6.07) is 7.41. The van der Waals surface area contributed by atoms with Gasteiger partial charge in [0.25, 0.3) is 0 Å². The van der Waals surface area contributed by atoms with Crippen LogP contribution in [0.15, 0.2) is 36.5 Å². The Morgan fingerprint density at radius 2 is 1.85 bits per heavy atom. The van der Waals surface area contributed by atoms with Crippen LogP contribution in [0, 0.1) is 0 Å². The van der Waals surface area contributed by atoms with Crippen LogP contribution in [0.2, 0.25) is 10.0 Å². The van der Waals surface area contributed by atoms with Crippen LogP contribution in [-0.2, 0) is 12.7 Å². The first kappa shape index (κ1) is 14.9. The highest BCUT2D eigenvalue weighted by Gasteiger charge is 2.31. The van der Waals surface area contributed by atoms with Gasteiger partial charge in [-0.25, -0.2) is 4.98 Å².